The summed E-state index contributed by atoms with van der Waals surface area (Å²) in [6.45, 7) is 4.85. The summed E-state index contributed by atoms with van der Waals surface area (Å²) in [6, 6.07) is 0. The first-order valence-corrected chi connectivity index (χ1v) is 5.27. The Hall–Kier alpha value is -1.04. The fourth-order valence-corrected chi connectivity index (χ4v) is 1.72. The van der Waals surface area contributed by atoms with E-state index in [0.29, 0.717) is 18.9 Å². The predicted octanol–water partition coefficient (Wildman–Crippen LogP) is 2.24. The lowest BCUT2D eigenvalue weighted by molar-refractivity contribution is -0.141. The lowest BCUT2D eigenvalue weighted by Gasteiger charge is -2.24. The maximum absolute atomic E-state index is 12.7. The van der Waals surface area contributed by atoms with Gasteiger partial charge in [0, 0.05) is 24.7 Å². The third kappa shape index (κ3) is 1.93. The molecule has 2 N–H and O–H groups in total. The lowest BCUT2D eigenvalue weighted by Crippen LogP contribution is -2.40. The number of aromatic nitrogens is 2. The van der Waals surface area contributed by atoms with Gasteiger partial charge < -0.3 is 10.3 Å². The Morgan fingerprint density at radius 2 is 1.94 bits per heavy atom. The number of H-pyrrole nitrogens is 1. The Bertz CT molecular complexity index is 377. The van der Waals surface area contributed by atoms with E-state index in [1.165, 1.54) is 0 Å². The Balaban J connectivity index is 2.37. The van der Waals surface area contributed by atoms with E-state index in [9.17, 15) is 13.2 Å². The molecule has 16 heavy (non-hydrogen) atoms. The number of nitrogens with one attached hydrogen (secondary N) is 2. The van der Waals surface area contributed by atoms with Crippen LogP contribution in [0.15, 0.2) is 0 Å². The summed E-state index contributed by atoms with van der Waals surface area (Å²) in [4.78, 5) is 6.52. The molecule has 90 valence electrons. The second kappa shape index (κ2) is 3.76. The van der Waals surface area contributed by atoms with Crippen LogP contribution in [0.25, 0.3) is 0 Å². The molecule has 0 bridgehead atoms. The average molecular weight is 233 g/mol. The van der Waals surface area contributed by atoms with Crippen molar-refractivity contribution in [2.75, 3.05) is 13.1 Å². The molecule has 1 aromatic rings. The van der Waals surface area contributed by atoms with Crippen LogP contribution in [-0.4, -0.2) is 23.1 Å². The van der Waals surface area contributed by atoms with E-state index in [0.717, 1.165) is 0 Å². The highest BCUT2D eigenvalue weighted by atomic mass is 19.4. The van der Waals surface area contributed by atoms with Crippen LogP contribution in [0.4, 0.5) is 13.2 Å². The van der Waals surface area contributed by atoms with Crippen molar-refractivity contribution in [1.82, 2.24) is 15.3 Å². The van der Waals surface area contributed by atoms with Gasteiger partial charge in [0.2, 0.25) is 0 Å². The largest absolute Gasteiger partial charge is 0.435 e. The first kappa shape index (κ1) is 11.4. The maximum atomic E-state index is 12.7. The molecule has 1 aliphatic heterocycles. The molecule has 1 aliphatic rings. The smallest absolute Gasteiger partial charge is 0.345 e. The van der Waals surface area contributed by atoms with Crippen LogP contribution in [0, 0.1) is 0 Å². The molecule has 0 spiro atoms. The molecule has 6 heteroatoms. The summed E-state index contributed by atoms with van der Waals surface area (Å²) in [6.07, 6.45) is -4.37. The highest BCUT2D eigenvalue weighted by Gasteiger charge is 2.39. The average Bonchev–Trinajstić information content (AvgIpc) is 2.44. The van der Waals surface area contributed by atoms with Gasteiger partial charge in [-0.15, -0.1) is 0 Å². The molecule has 1 aromatic heterocycles. The summed E-state index contributed by atoms with van der Waals surface area (Å²) in [5.41, 5.74) is -0.571. The topological polar surface area (TPSA) is 40.7 Å². The van der Waals surface area contributed by atoms with Gasteiger partial charge in [0.15, 0.2) is 5.69 Å². The van der Waals surface area contributed by atoms with E-state index in [1.807, 2.05) is 0 Å². The Kier molecular flexibility index (Phi) is 2.69. The van der Waals surface area contributed by atoms with E-state index in [2.05, 4.69) is 15.3 Å². The van der Waals surface area contributed by atoms with Crippen molar-refractivity contribution in [2.24, 2.45) is 0 Å². The van der Waals surface area contributed by atoms with E-state index in [1.54, 1.807) is 13.8 Å². The van der Waals surface area contributed by atoms with Gasteiger partial charge in [-0.3, -0.25) is 0 Å². The Labute approximate surface area is 91.5 Å². The van der Waals surface area contributed by atoms with Crippen LogP contribution >= 0.6 is 0 Å². The molecule has 1 fully saturated rings. The second-order valence-corrected chi connectivity index (χ2v) is 4.39. The van der Waals surface area contributed by atoms with Crippen molar-refractivity contribution in [2.45, 2.75) is 31.9 Å². The molecule has 0 radical (unpaired) electrons. The first-order chi connectivity index (χ1) is 7.39. The van der Waals surface area contributed by atoms with Gasteiger partial charge in [0.25, 0.3) is 0 Å². The van der Waals surface area contributed by atoms with Crippen LogP contribution in [0.3, 0.4) is 0 Å². The molecule has 0 aliphatic carbocycles. The van der Waals surface area contributed by atoms with Crippen LogP contribution in [-0.2, 0) is 6.18 Å². The number of hydrogen-bond acceptors (Lipinski definition) is 2. The number of halogens is 3. The number of alkyl halides is 3. The zero-order valence-corrected chi connectivity index (χ0v) is 9.15. The normalized spacial score (nSPS) is 17.9. The Morgan fingerprint density at radius 3 is 2.25 bits per heavy atom. The van der Waals surface area contributed by atoms with Gasteiger partial charge in [-0.1, -0.05) is 13.8 Å². The van der Waals surface area contributed by atoms with Crippen molar-refractivity contribution in [3.63, 3.8) is 0 Å². The Morgan fingerprint density at radius 1 is 1.31 bits per heavy atom. The standard InChI is InChI=1S/C10H14F3N3/c1-5(2)7-8(10(11,12)13)16-9(15-7)6-3-14-4-6/h5-6,14H,3-4H2,1-2H3,(H,15,16). The van der Waals surface area contributed by atoms with Crippen LogP contribution in [0.5, 0.6) is 0 Å². The van der Waals surface area contributed by atoms with Gasteiger partial charge in [0.05, 0.1) is 0 Å². The molecule has 0 aromatic carbocycles. The fourth-order valence-electron chi connectivity index (χ4n) is 1.72. The van der Waals surface area contributed by atoms with Gasteiger partial charge in [0.1, 0.15) is 5.82 Å². The lowest BCUT2D eigenvalue weighted by atomic mass is 10.0. The molecule has 2 heterocycles. The monoisotopic (exact) mass is 233 g/mol. The SMILES string of the molecule is CC(C)c1[nH]c(C2CNC2)nc1C(F)(F)F. The summed E-state index contributed by atoms with van der Waals surface area (Å²) in [7, 11) is 0. The molecule has 0 saturated carbocycles. The molecule has 0 unspecified atom stereocenters. The van der Waals surface area contributed by atoms with E-state index in [-0.39, 0.29) is 17.5 Å². The van der Waals surface area contributed by atoms with Gasteiger partial charge in [-0.05, 0) is 5.92 Å². The van der Waals surface area contributed by atoms with Crippen LogP contribution in [0.1, 0.15) is 42.9 Å². The highest BCUT2D eigenvalue weighted by molar-refractivity contribution is 5.23. The summed E-state index contributed by atoms with van der Waals surface area (Å²) in [5, 5.41) is 3.02. The van der Waals surface area contributed by atoms with Crippen molar-refractivity contribution < 1.29 is 13.2 Å². The van der Waals surface area contributed by atoms with Crippen molar-refractivity contribution >= 4 is 0 Å². The summed E-state index contributed by atoms with van der Waals surface area (Å²) >= 11 is 0. The number of hydrogen-bond donors (Lipinski definition) is 2. The number of imidazole rings is 1. The van der Waals surface area contributed by atoms with Crippen molar-refractivity contribution in [1.29, 1.82) is 0 Å². The minimum absolute atomic E-state index is 0.0913. The van der Waals surface area contributed by atoms with E-state index >= 15 is 0 Å². The zero-order chi connectivity index (χ0) is 11.9. The van der Waals surface area contributed by atoms with Gasteiger partial charge >= 0.3 is 6.18 Å². The molecule has 0 atom stereocenters. The van der Waals surface area contributed by atoms with Crippen molar-refractivity contribution in [3.8, 4) is 0 Å². The third-order valence-electron chi connectivity index (χ3n) is 2.76. The second-order valence-electron chi connectivity index (χ2n) is 4.39. The van der Waals surface area contributed by atoms with Gasteiger partial charge in [-0.2, -0.15) is 13.2 Å². The van der Waals surface area contributed by atoms with Crippen LogP contribution in [0.2, 0.25) is 0 Å². The summed E-state index contributed by atoms with van der Waals surface area (Å²) in [5.74, 6) is 0.342. The molecule has 3 nitrogen and oxygen atoms in total. The van der Waals surface area contributed by atoms with Crippen molar-refractivity contribution in [3.05, 3.63) is 17.2 Å². The molecule has 2 rings (SSSR count). The molecule has 1 saturated heterocycles. The van der Waals surface area contributed by atoms with E-state index in [4.69, 9.17) is 0 Å². The maximum Gasteiger partial charge on any atom is 0.435 e. The number of nitrogens with zero attached hydrogens (tertiary/aromatic N) is 1. The first-order valence-electron chi connectivity index (χ1n) is 5.27. The molecular weight excluding hydrogens is 219 g/mol. The van der Waals surface area contributed by atoms with Crippen LogP contribution < -0.4 is 5.32 Å². The predicted molar refractivity (Wildman–Crippen MR) is 53.3 cm³/mol. The minimum atomic E-state index is -4.37. The fraction of sp³-hybridized carbons (Fsp3) is 0.700. The zero-order valence-electron chi connectivity index (χ0n) is 9.15. The van der Waals surface area contributed by atoms with E-state index < -0.39 is 11.9 Å². The molecule has 0 amide bonds. The molecular formula is C10H14F3N3. The minimum Gasteiger partial charge on any atom is -0.345 e. The number of aromatic amines is 1. The van der Waals surface area contributed by atoms with Gasteiger partial charge in [-0.25, -0.2) is 4.98 Å². The highest BCUT2D eigenvalue weighted by Crippen LogP contribution is 2.35. The number of rotatable bonds is 2. The third-order valence-corrected chi connectivity index (χ3v) is 2.76. The summed E-state index contributed by atoms with van der Waals surface area (Å²) < 4.78 is 38.1. The quantitative estimate of drug-likeness (QED) is 0.822.